The van der Waals surface area contributed by atoms with Gasteiger partial charge in [0.1, 0.15) is 11.6 Å². The van der Waals surface area contributed by atoms with Crippen LogP contribution in [0.5, 0.6) is 5.75 Å². The number of rotatable bonds is 6. The van der Waals surface area contributed by atoms with Crippen LogP contribution in [0.25, 0.3) is 0 Å². The fourth-order valence-electron chi connectivity index (χ4n) is 1.47. The van der Waals surface area contributed by atoms with Gasteiger partial charge in [-0.05, 0) is 30.7 Å². The predicted octanol–water partition coefficient (Wildman–Crippen LogP) is 3.30. The Morgan fingerprint density at radius 3 is 2.58 bits per heavy atom. The van der Waals surface area contributed by atoms with E-state index in [1.807, 2.05) is 12.1 Å². The molecule has 2 aromatic rings. The highest BCUT2D eigenvalue weighted by Crippen LogP contribution is 2.23. The van der Waals surface area contributed by atoms with Crippen LogP contribution in [0.3, 0.4) is 0 Å². The lowest BCUT2D eigenvalue weighted by atomic mass is 10.3. The zero-order chi connectivity index (χ0) is 13.5. The zero-order valence-corrected chi connectivity index (χ0v) is 11.7. The number of nitrogens with zero attached hydrogens (tertiary/aromatic N) is 2. The molecule has 2 N–H and O–H groups in total. The number of hydrogen-bond acceptors (Lipinski definition) is 5. The number of aromatic hydroxyl groups is 1. The van der Waals surface area contributed by atoms with Gasteiger partial charge in [-0.2, -0.15) is 0 Å². The molecule has 5 heteroatoms. The summed E-state index contributed by atoms with van der Waals surface area (Å²) in [4.78, 5) is 9.79. The Labute approximate surface area is 117 Å². The van der Waals surface area contributed by atoms with Crippen LogP contribution in [0.2, 0.25) is 0 Å². The number of phenolic OH excluding ortho intramolecular Hbond substituents is 1. The molecule has 0 aliphatic heterocycles. The number of anilines is 1. The van der Waals surface area contributed by atoms with Crippen molar-refractivity contribution in [2.24, 2.45) is 0 Å². The van der Waals surface area contributed by atoms with Gasteiger partial charge in [-0.15, -0.1) is 11.8 Å². The number of phenols is 1. The van der Waals surface area contributed by atoms with E-state index in [2.05, 4.69) is 22.2 Å². The molecule has 1 aromatic heterocycles. The summed E-state index contributed by atoms with van der Waals surface area (Å²) in [6.07, 6.45) is 4.63. The van der Waals surface area contributed by atoms with Gasteiger partial charge in [0.15, 0.2) is 0 Å². The van der Waals surface area contributed by atoms with Gasteiger partial charge >= 0.3 is 0 Å². The first-order chi connectivity index (χ1) is 9.28. The molecule has 0 bridgehead atoms. The first kappa shape index (κ1) is 13.7. The van der Waals surface area contributed by atoms with Crippen molar-refractivity contribution in [3.63, 3.8) is 0 Å². The second kappa shape index (κ2) is 6.99. The van der Waals surface area contributed by atoms with Crippen molar-refractivity contribution in [3.05, 3.63) is 42.4 Å². The van der Waals surface area contributed by atoms with E-state index in [9.17, 15) is 5.11 Å². The standard InChI is InChI=1S/C14H17N3OS/c1-2-7-15-14-9-16-11(8-17-14)10-19-13-5-3-12(18)4-6-13/h3-6,8-9,18H,2,7,10H2,1H3,(H,15,17). The third-order valence-corrected chi connectivity index (χ3v) is 3.53. The van der Waals surface area contributed by atoms with E-state index in [4.69, 9.17) is 0 Å². The van der Waals surface area contributed by atoms with E-state index >= 15 is 0 Å². The molecule has 0 fully saturated rings. The fraction of sp³-hybridized carbons (Fsp3) is 0.286. The van der Waals surface area contributed by atoms with Crippen LogP contribution < -0.4 is 5.32 Å². The lowest BCUT2D eigenvalue weighted by molar-refractivity contribution is 0.475. The SMILES string of the molecule is CCCNc1cnc(CSc2ccc(O)cc2)cn1. The molecule has 2 rings (SSSR count). The van der Waals surface area contributed by atoms with Crippen LogP contribution in [0, 0.1) is 0 Å². The second-order valence-electron chi connectivity index (χ2n) is 4.10. The molecular formula is C14H17N3OS. The summed E-state index contributed by atoms with van der Waals surface area (Å²) in [5, 5.41) is 12.4. The quantitative estimate of drug-likeness (QED) is 0.792. The smallest absolute Gasteiger partial charge is 0.144 e. The molecule has 0 atom stereocenters. The third-order valence-electron chi connectivity index (χ3n) is 2.48. The Kier molecular flexibility index (Phi) is 5.03. The van der Waals surface area contributed by atoms with E-state index in [1.54, 1.807) is 36.3 Å². The number of hydrogen-bond donors (Lipinski definition) is 2. The average Bonchev–Trinajstić information content (AvgIpc) is 2.46. The van der Waals surface area contributed by atoms with Crippen LogP contribution in [-0.4, -0.2) is 21.6 Å². The van der Waals surface area contributed by atoms with Crippen molar-refractivity contribution in [3.8, 4) is 5.75 Å². The summed E-state index contributed by atoms with van der Waals surface area (Å²) in [6, 6.07) is 7.16. The minimum Gasteiger partial charge on any atom is -0.508 e. The molecule has 0 amide bonds. The molecule has 100 valence electrons. The first-order valence-corrected chi connectivity index (χ1v) is 7.23. The van der Waals surface area contributed by atoms with Crippen LogP contribution in [0.4, 0.5) is 5.82 Å². The molecule has 0 saturated carbocycles. The van der Waals surface area contributed by atoms with Gasteiger partial charge < -0.3 is 10.4 Å². The zero-order valence-electron chi connectivity index (χ0n) is 10.8. The van der Waals surface area contributed by atoms with Gasteiger partial charge in [-0.25, -0.2) is 4.98 Å². The van der Waals surface area contributed by atoms with Crippen molar-refractivity contribution in [1.82, 2.24) is 9.97 Å². The summed E-state index contributed by atoms with van der Waals surface area (Å²) >= 11 is 1.67. The maximum atomic E-state index is 9.20. The molecule has 0 unspecified atom stereocenters. The Hall–Kier alpha value is -1.75. The Morgan fingerprint density at radius 1 is 1.16 bits per heavy atom. The van der Waals surface area contributed by atoms with Crippen molar-refractivity contribution in [1.29, 1.82) is 0 Å². The molecule has 0 saturated heterocycles. The highest BCUT2D eigenvalue weighted by atomic mass is 32.2. The third kappa shape index (κ3) is 4.44. The number of benzene rings is 1. The van der Waals surface area contributed by atoms with Crippen molar-refractivity contribution < 1.29 is 5.11 Å². The molecule has 0 aliphatic carbocycles. The number of aromatic nitrogens is 2. The summed E-state index contributed by atoms with van der Waals surface area (Å²) in [5.41, 5.74) is 0.945. The van der Waals surface area contributed by atoms with Gasteiger partial charge in [0.05, 0.1) is 18.1 Å². The van der Waals surface area contributed by atoms with Crippen molar-refractivity contribution in [2.45, 2.75) is 24.0 Å². The molecule has 19 heavy (non-hydrogen) atoms. The highest BCUT2D eigenvalue weighted by Gasteiger charge is 1.99. The van der Waals surface area contributed by atoms with Gasteiger partial charge in [0.2, 0.25) is 0 Å². The minimum absolute atomic E-state index is 0.287. The van der Waals surface area contributed by atoms with Gasteiger partial charge in [0.25, 0.3) is 0 Å². The second-order valence-corrected chi connectivity index (χ2v) is 5.15. The molecule has 1 aromatic carbocycles. The van der Waals surface area contributed by atoms with E-state index < -0.39 is 0 Å². The molecule has 1 heterocycles. The lowest BCUT2D eigenvalue weighted by Crippen LogP contribution is -2.02. The van der Waals surface area contributed by atoms with Crippen LogP contribution in [0.15, 0.2) is 41.6 Å². The summed E-state index contributed by atoms with van der Waals surface area (Å²) in [5.74, 6) is 1.88. The van der Waals surface area contributed by atoms with Gasteiger partial charge in [-0.3, -0.25) is 4.98 Å². The van der Waals surface area contributed by atoms with Crippen molar-refractivity contribution in [2.75, 3.05) is 11.9 Å². The molecule has 0 aliphatic rings. The lowest BCUT2D eigenvalue weighted by Gasteiger charge is -2.04. The molecule has 4 nitrogen and oxygen atoms in total. The molecule has 0 radical (unpaired) electrons. The molecule has 0 spiro atoms. The predicted molar refractivity (Wildman–Crippen MR) is 78.5 cm³/mol. The normalized spacial score (nSPS) is 10.4. The van der Waals surface area contributed by atoms with Crippen LogP contribution >= 0.6 is 11.8 Å². The monoisotopic (exact) mass is 275 g/mol. The summed E-state index contributed by atoms with van der Waals surface area (Å²) < 4.78 is 0. The molecular weight excluding hydrogens is 258 g/mol. The highest BCUT2D eigenvalue weighted by molar-refractivity contribution is 7.98. The topological polar surface area (TPSA) is 58.0 Å². The van der Waals surface area contributed by atoms with Crippen LogP contribution in [-0.2, 0) is 5.75 Å². The Morgan fingerprint density at radius 2 is 1.95 bits per heavy atom. The number of nitrogens with one attached hydrogen (secondary N) is 1. The average molecular weight is 275 g/mol. The van der Waals surface area contributed by atoms with E-state index in [1.165, 1.54) is 0 Å². The fourth-order valence-corrected chi connectivity index (χ4v) is 2.27. The van der Waals surface area contributed by atoms with E-state index in [0.717, 1.165) is 35.1 Å². The van der Waals surface area contributed by atoms with Gasteiger partial charge in [0, 0.05) is 17.2 Å². The Balaban J connectivity index is 1.87. The Bertz CT molecular complexity index is 499. The number of thioether (sulfide) groups is 1. The van der Waals surface area contributed by atoms with Crippen molar-refractivity contribution >= 4 is 17.6 Å². The minimum atomic E-state index is 0.287. The van der Waals surface area contributed by atoms with Crippen LogP contribution in [0.1, 0.15) is 19.0 Å². The first-order valence-electron chi connectivity index (χ1n) is 6.24. The van der Waals surface area contributed by atoms with E-state index in [-0.39, 0.29) is 5.75 Å². The largest absolute Gasteiger partial charge is 0.508 e. The maximum absolute atomic E-state index is 9.20. The van der Waals surface area contributed by atoms with Gasteiger partial charge in [-0.1, -0.05) is 6.92 Å². The van der Waals surface area contributed by atoms with E-state index in [0.29, 0.717) is 0 Å². The maximum Gasteiger partial charge on any atom is 0.144 e. The summed E-state index contributed by atoms with van der Waals surface area (Å²) in [6.45, 7) is 3.03. The summed E-state index contributed by atoms with van der Waals surface area (Å²) in [7, 11) is 0.